The Bertz CT molecular complexity index is 525. The number of methoxy groups -OCH3 is 1. The number of carbonyl (C=O) groups excluding carboxylic acids is 1. The van der Waals surface area contributed by atoms with Crippen LogP contribution in [0.5, 0.6) is 0 Å². The summed E-state index contributed by atoms with van der Waals surface area (Å²) in [5.74, 6) is 1.11. The first-order chi connectivity index (χ1) is 9.74. The van der Waals surface area contributed by atoms with Gasteiger partial charge in [0.1, 0.15) is 0 Å². The van der Waals surface area contributed by atoms with Crippen molar-refractivity contribution in [2.24, 2.45) is 11.8 Å². The van der Waals surface area contributed by atoms with Crippen LogP contribution in [0, 0.1) is 18.8 Å². The third-order valence-electron chi connectivity index (χ3n) is 4.72. The quantitative estimate of drug-likeness (QED) is 0.757. The number of rotatable bonds is 4. The zero-order valence-electron chi connectivity index (χ0n) is 14.2. The number of carbonyl (C=O) groups is 1. The average Bonchev–Trinajstić information content (AvgIpc) is 3.16. The molecule has 1 fully saturated rings. The predicted molar refractivity (Wildman–Crippen MR) is 86.5 cm³/mol. The molecule has 1 aromatic carbocycles. The molecule has 1 aromatic rings. The summed E-state index contributed by atoms with van der Waals surface area (Å²) in [4.78, 5) is 11.5. The Morgan fingerprint density at radius 3 is 2.62 bits per heavy atom. The topological polar surface area (TPSA) is 26.3 Å². The lowest BCUT2D eigenvalue weighted by Gasteiger charge is -2.24. The molecule has 0 spiro atoms. The fourth-order valence-electron chi connectivity index (χ4n) is 3.29. The molecule has 0 aromatic heterocycles. The zero-order valence-corrected chi connectivity index (χ0v) is 14.2. The van der Waals surface area contributed by atoms with E-state index in [2.05, 4.69) is 52.8 Å². The molecule has 21 heavy (non-hydrogen) atoms. The minimum absolute atomic E-state index is 0.0357. The van der Waals surface area contributed by atoms with Crippen molar-refractivity contribution in [3.8, 4) is 0 Å². The van der Waals surface area contributed by atoms with Crippen LogP contribution in [0.3, 0.4) is 0 Å². The Hall–Kier alpha value is -1.31. The Morgan fingerprint density at radius 2 is 2.05 bits per heavy atom. The van der Waals surface area contributed by atoms with E-state index in [-0.39, 0.29) is 17.3 Å². The van der Waals surface area contributed by atoms with Crippen molar-refractivity contribution in [2.75, 3.05) is 7.11 Å². The van der Waals surface area contributed by atoms with Gasteiger partial charge in [-0.1, -0.05) is 45.9 Å². The van der Waals surface area contributed by atoms with Crippen LogP contribution in [0.25, 0.3) is 0 Å². The van der Waals surface area contributed by atoms with Gasteiger partial charge in [0.15, 0.2) is 0 Å². The van der Waals surface area contributed by atoms with Gasteiger partial charge in [-0.25, -0.2) is 0 Å². The van der Waals surface area contributed by atoms with Gasteiger partial charge in [-0.05, 0) is 53.7 Å². The van der Waals surface area contributed by atoms with E-state index in [1.54, 1.807) is 0 Å². The van der Waals surface area contributed by atoms with Crippen LogP contribution in [-0.2, 0) is 14.9 Å². The van der Waals surface area contributed by atoms with Crippen LogP contribution in [0.1, 0.15) is 63.1 Å². The number of ether oxygens (including phenoxy) is 1. The lowest BCUT2D eigenvalue weighted by atomic mass is 9.81. The molecule has 2 heteroatoms. The number of esters is 1. The average molecular weight is 288 g/mol. The van der Waals surface area contributed by atoms with Gasteiger partial charge >= 0.3 is 5.97 Å². The van der Waals surface area contributed by atoms with E-state index in [1.807, 2.05) is 0 Å². The summed E-state index contributed by atoms with van der Waals surface area (Å²) >= 11 is 0. The van der Waals surface area contributed by atoms with Crippen LogP contribution in [0.2, 0.25) is 0 Å². The summed E-state index contributed by atoms with van der Waals surface area (Å²) in [6, 6.07) is 6.83. The first-order valence-corrected chi connectivity index (χ1v) is 7.93. The lowest BCUT2D eigenvalue weighted by Crippen LogP contribution is -2.14. The van der Waals surface area contributed by atoms with Crippen molar-refractivity contribution in [3.63, 3.8) is 0 Å². The summed E-state index contributed by atoms with van der Waals surface area (Å²) in [7, 11) is 1.48. The van der Waals surface area contributed by atoms with Gasteiger partial charge in [-0.2, -0.15) is 0 Å². The molecule has 116 valence electrons. The van der Waals surface area contributed by atoms with Crippen LogP contribution < -0.4 is 0 Å². The Labute approximate surface area is 128 Å². The molecule has 0 bridgehead atoms. The second-order valence-corrected chi connectivity index (χ2v) is 7.59. The lowest BCUT2D eigenvalue weighted by molar-refractivity contribution is -0.142. The molecule has 3 atom stereocenters. The molecule has 1 aliphatic rings. The SMILES string of the molecule is COC(=O)C1CC1CC(C)c1ccc(C)c(C(C)(C)C)c1. The van der Waals surface area contributed by atoms with E-state index in [9.17, 15) is 4.79 Å². The molecule has 1 saturated carbocycles. The fraction of sp³-hybridized carbons (Fsp3) is 0.632. The highest BCUT2D eigenvalue weighted by molar-refractivity contribution is 5.75. The van der Waals surface area contributed by atoms with E-state index in [4.69, 9.17) is 4.74 Å². The van der Waals surface area contributed by atoms with Gasteiger partial charge < -0.3 is 4.74 Å². The van der Waals surface area contributed by atoms with Crippen molar-refractivity contribution < 1.29 is 9.53 Å². The first-order valence-electron chi connectivity index (χ1n) is 7.93. The Balaban J connectivity index is 2.07. The summed E-state index contributed by atoms with van der Waals surface area (Å²) < 4.78 is 4.83. The number of benzene rings is 1. The summed E-state index contributed by atoms with van der Waals surface area (Å²) in [6.45, 7) is 11.2. The molecule has 2 nitrogen and oxygen atoms in total. The second-order valence-electron chi connectivity index (χ2n) is 7.59. The smallest absolute Gasteiger partial charge is 0.308 e. The maximum Gasteiger partial charge on any atom is 0.308 e. The Kier molecular flexibility index (Phi) is 4.46. The molecule has 0 heterocycles. The molecule has 2 rings (SSSR count). The predicted octanol–water partition coefficient (Wildman–Crippen LogP) is 4.60. The molecular weight excluding hydrogens is 260 g/mol. The third kappa shape index (κ3) is 3.66. The van der Waals surface area contributed by atoms with Gasteiger partial charge in [0.2, 0.25) is 0 Å². The zero-order chi connectivity index (χ0) is 15.8. The van der Waals surface area contributed by atoms with E-state index < -0.39 is 0 Å². The van der Waals surface area contributed by atoms with Crippen molar-refractivity contribution in [1.82, 2.24) is 0 Å². The first kappa shape index (κ1) is 16.1. The molecule has 0 radical (unpaired) electrons. The summed E-state index contributed by atoms with van der Waals surface area (Å²) in [5.41, 5.74) is 4.35. The highest BCUT2D eigenvalue weighted by atomic mass is 16.5. The molecule has 0 amide bonds. The maximum absolute atomic E-state index is 11.5. The number of hydrogen-bond donors (Lipinski definition) is 0. The van der Waals surface area contributed by atoms with Gasteiger partial charge in [-0.15, -0.1) is 0 Å². The fourth-order valence-corrected chi connectivity index (χ4v) is 3.29. The molecular formula is C19H28O2. The van der Waals surface area contributed by atoms with Crippen molar-refractivity contribution in [2.45, 2.75) is 58.8 Å². The monoisotopic (exact) mass is 288 g/mol. The van der Waals surface area contributed by atoms with Gasteiger partial charge in [0.25, 0.3) is 0 Å². The maximum atomic E-state index is 11.5. The van der Waals surface area contributed by atoms with Crippen LogP contribution in [0.15, 0.2) is 18.2 Å². The minimum atomic E-state index is -0.0357. The van der Waals surface area contributed by atoms with Crippen molar-refractivity contribution in [3.05, 3.63) is 34.9 Å². The third-order valence-corrected chi connectivity index (χ3v) is 4.72. The van der Waals surface area contributed by atoms with Crippen LogP contribution in [-0.4, -0.2) is 13.1 Å². The van der Waals surface area contributed by atoms with E-state index in [0.717, 1.165) is 12.8 Å². The molecule has 0 saturated heterocycles. The highest BCUT2D eigenvalue weighted by Gasteiger charge is 2.44. The van der Waals surface area contributed by atoms with Crippen molar-refractivity contribution >= 4 is 5.97 Å². The minimum Gasteiger partial charge on any atom is -0.469 e. The van der Waals surface area contributed by atoms with Crippen LogP contribution in [0.4, 0.5) is 0 Å². The number of hydrogen-bond acceptors (Lipinski definition) is 2. The van der Waals surface area contributed by atoms with Crippen LogP contribution >= 0.6 is 0 Å². The molecule has 1 aliphatic carbocycles. The molecule has 0 N–H and O–H groups in total. The van der Waals surface area contributed by atoms with E-state index in [1.165, 1.54) is 23.8 Å². The van der Waals surface area contributed by atoms with Gasteiger partial charge in [0.05, 0.1) is 13.0 Å². The normalized spacial score (nSPS) is 22.8. The molecule has 3 unspecified atom stereocenters. The number of aryl methyl sites for hydroxylation is 1. The van der Waals surface area contributed by atoms with Crippen molar-refractivity contribution in [1.29, 1.82) is 0 Å². The Morgan fingerprint density at radius 1 is 1.38 bits per heavy atom. The van der Waals surface area contributed by atoms with Gasteiger partial charge in [0, 0.05) is 0 Å². The largest absolute Gasteiger partial charge is 0.469 e. The van der Waals surface area contributed by atoms with Gasteiger partial charge in [-0.3, -0.25) is 4.79 Å². The second kappa shape index (κ2) is 5.82. The standard InChI is InChI=1S/C19H28O2/c1-12-7-8-14(11-17(12)19(3,4)5)13(2)9-15-10-16(15)18(20)21-6/h7-8,11,13,15-16H,9-10H2,1-6H3. The highest BCUT2D eigenvalue weighted by Crippen LogP contribution is 2.46. The van der Waals surface area contributed by atoms with E-state index >= 15 is 0 Å². The summed E-state index contributed by atoms with van der Waals surface area (Å²) in [6.07, 6.45) is 2.07. The molecule has 0 aliphatic heterocycles. The summed E-state index contributed by atoms with van der Waals surface area (Å²) in [5, 5.41) is 0. The van der Waals surface area contributed by atoms with E-state index in [0.29, 0.717) is 11.8 Å².